The van der Waals surface area contributed by atoms with E-state index in [2.05, 4.69) is 0 Å². The summed E-state index contributed by atoms with van der Waals surface area (Å²) >= 11 is 0. The fourth-order valence-electron chi connectivity index (χ4n) is 0.0525. The zero-order chi connectivity index (χ0) is 4.99. The molecular weight excluding hydrogens is 92.0 g/mol. The number of hydrogen-bond donors (Lipinski definition) is 1. The van der Waals surface area contributed by atoms with E-state index in [4.69, 9.17) is 4.79 Å². The van der Waals surface area contributed by atoms with Gasteiger partial charge in [-0.15, -0.1) is 4.39 Å². The number of nitrogens with one attached hydrogen (secondary N) is 1. The Morgan fingerprint density at radius 2 is 2.33 bits per heavy atom. The molecule has 0 aromatic rings. The molecule has 0 rings (SSSR count). The maximum atomic E-state index is 10.7. The van der Waals surface area contributed by atoms with Crippen molar-refractivity contribution in [1.82, 2.24) is 5.32 Å². The van der Waals surface area contributed by atoms with Crippen molar-refractivity contribution in [1.29, 1.82) is 0 Å². The SMILES string of the molecule is O=C(F)NCF. The molecule has 6 heavy (non-hydrogen) atoms. The molecule has 2 nitrogen and oxygen atoms in total. The van der Waals surface area contributed by atoms with Crippen molar-refractivity contribution in [3.8, 4) is 0 Å². The van der Waals surface area contributed by atoms with Gasteiger partial charge in [-0.2, -0.15) is 0 Å². The second-order valence-electron chi connectivity index (χ2n) is 0.584. The zero-order valence-electron chi connectivity index (χ0n) is 2.87. The molecule has 0 unspecified atom stereocenters. The van der Waals surface area contributed by atoms with Crippen LogP contribution in [-0.2, 0) is 0 Å². The number of alkyl halides is 1. The molecule has 0 spiro atoms. The van der Waals surface area contributed by atoms with Crippen molar-refractivity contribution < 1.29 is 13.6 Å². The zero-order valence-corrected chi connectivity index (χ0v) is 2.87. The summed E-state index contributed by atoms with van der Waals surface area (Å²) < 4.78 is 21.4. The van der Waals surface area contributed by atoms with E-state index in [1.807, 2.05) is 0 Å². The minimum atomic E-state index is -1.84. The quantitative estimate of drug-likeness (QED) is 0.375. The second-order valence-corrected chi connectivity index (χ2v) is 0.584. The summed E-state index contributed by atoms with van der Waals surface area (Å²) in [6, 6.07) is 0. The topological polar surface area (TPSA) is 29.1 Å². The van der Waals surface area contributed by atoms with Crippen LogP contribution in [0.3, 0.4) is 0 Å². The third kappa shape index (κ3) is 3.33. The van der Waals surface area contributed by atoms with Crippen LogP contribution in [0.15, 0.2) is 0 Å². The van der Waals surface area contributed by atoms with E-state index >= 15 is 0 Å². The van der Waals surface area contributed by atoms with Crippen molar-refractivity contribution in [3.05, 3.63) is 0 Å². The van der Waals surface area contributed by atoms with E-state index < -0.39 is 13.0 Å². The third-order valence-electron chi connectivity index (χ3n) is 0.206. The van der Waals surface area contributed by atoms with Gasteiger partial charge in [-0.3, -0.25) is 0 Å². The Kier molecular flexibility index (Phi) is 2.27. The summed E-state index contributed by atoms with van der Waals surface area (Å²) in [6.07, 6.45) is -1.84. The van der Waals surface area contributed by atoms with E-state index in [-0.39, 0.29) is 0 Å². The van der Waals surface area contributed by atoms with Gasteiger partial charge in [0, 0.05) is 0 Å². The van der Waals surface area contributed by atoms with Gasteiger partial charge < -0.3 is 5.32 Å². The van der Waals surface area contributed by atoms with Gasteiger partial charge in [0.25, 0.3) is 0 Å². The van der Waals surface area contributed by atoms with Crippen molar-refractivity contribution in [3.63, 3.8) is 0 Å². The lowest BCUT2D eigenvalue weighted by Gasteiger charge is -1.81. The monoisotopic (exact) mass is 95.0 g/mol. The highest BCUT2D eigenvalue weighted by atomic mass is 19.1. The van der Waals surface area contributed by atoms with Crippen LogP contribution in [0.1, 0.15) is 0 Å². The van der Waals surface area contributed by atoms with Gasteiger partial charge in [0.1, 0.15) is 0 Å². The normalized spacial score (nSPS) is 7.67. The van der Waals surface area contributed by atoms with Crippen LogP contribution < -0.4 is 5.32 Å². The molecule has 0 radical (unpaired) electrons. The number of carbonyl (C=O) groups excluding carboxylic acids is 1. The molecule has 0 atom stereocenters. The first-order chi connectivity index (χ1) is 2.77. The number of rotatable bonds is 1. The van der Waals surface area contributed by atoms with Gasteiger partial charge in [0.15, 0.2) is 6.80 Å². The van der Waals surface area contributed by atoms with Crippen molar-refractivity contribution in [2.45, 2.75) is 0 Å². The molecule has 0 saturated heterocycles. The summed E-state index contributed by atoms with van der Waals surface area (Å²) in [5, 5.41) is 1.24. The van der Waals surface area contributed by atoms with Gasteiger partial charge in [0.2, 0.25) is 0 Å². The van der Waals surface area contributed by atoms with E-state index in [1.165, 1.54) is 5.32 Å². The molecule has 0 aliphatic rings. The standard InChI is InChI=1S/C2H3F2NO/c3-1-5-2(4)6/h1H2,(H,5,6). The second kappa shape index (κ2) is 2.56. The number of amides is 1. The minimum absolute atomic E-state index is 1.14. The lowest BCUT2D eigenvalue weighted by molar-refractivity contribution is 0.216. The fraction of sp³-hybridized carbons (Fsp3) is 0.500. The Bertz CT molecular complexity index is 55.5. The largest absolute Gasteiger partial charge is 0.399 e. The highest BCUT2D eigenvalue weighted by Gasteiger charge is 1.87. The first kappa shape index (κ1) is 5.33. The Morgan fingerprint density at radius 3 is 2.33 bits per heavy atom. The summed E-state index contributed by atoms with van der Waals surface area (Å²) in [5.41, 5.74) is 0. The summed E-state index contributed by atoms with van der Waals surface area (Å²) in [6.45, 7) is -1.14. The number of halogens is 2. The minimum Gasteiger partial charge on any atom is -0.300 e. The van der Waals surface area contributed by atoms with Crippen molar-refractivity contribution in [2.75, 3.05) is 6.80 Å². The molecule has 4 heteroatoms. The molecule has 0 fully saturated rings. The Hall–Kier alpha value is -0.670. The molecular formula is C2H3F2NO. The molecule has 0 heterocycles. The predicted octanol–water partition coefficient (Wildman–Crippen LogP) is 0.593. The third-order valence-corrected chi connectivity index (χ3v) is 0.206. The Morgan fingerprint density at radius 1 is 1.83 bits per heavy atom. The van der Waals surface area contributed by atoms with Gasteiger partial charge in [-0.25, -0.2) is 9.18 Å². The lowest BCUT2D eigenvalue weighted by atomic mass is 11.1. The van der Waals surface area contributed by atoms with Crippen LogP contribution in [-0.4, -0.2) is 13.0 Å². The molecule has 0 aromatic heterocycles. The van der Waals surface area contributed by atoms with Gasteiger partial charge in [-0.1, -0.05) is 0 Å². The van der Waals surface area contributed by atoms with Crippen molar-refractivity contribution in [2.24, 2.45) is 0 Å². The first-order valence-electron chi connectivity index (χ1n) is 1.26. The maximum Gasteiger partial charge on any atom is 0.399 e. The Balaban J connectivity index is 2.83. The predicted molar refractivity (Wildman–Crippen MR) is 15.6 cm³/mol. The lowest BCUT2D eigenvalue weighted by Crippen LogP contribution is -2.14. The van der Waals surface area contributed by atoms with E-state index in [9.17, 15) is 8.78 Å². The van der Waals surface area contributed by atoms with Crippen LogP contribution in [0, 0.1) is 0 Å². The van der Waals surface area contributed by atoms with Crippen molar-refractivity contribution >= 4 is 6.16 Å². The number of hydrogen-bond acceptors (Lipinski definition) is 1. The van der Waals surface area contributed by atoms with E-state index in [1.54, 1.807) is 0 Å². The van der Waals surface area contributed by atoms with Crippen LogP contribution >= 0.6 is 0 Å². The molecule has 0 aliphatic heterocycles. The van der Waals surface area contributed by atoms with E-state index in [0.29, 0.717) is 0 Å². The molecule has 0 aliphatic carbocycles. The first-order valence-corrected chi connectivity index (χ1v) is 1.26. The molecule has 0 bridgehead atoms. The molecule has 0 saturated carbocycles. The summed E-state index contributed by atoms with van der Waals surface area (Å²) in [7, 11) is 0. The molecule has 36 valence electrons. The maximum absolute atomic E-state index is 10.7. The van der Waals surface area contributed by atoms with Crippen LogP contribution in [0.25, 0.3) is 0 Å². The average Bonchev–Trinajstić information content (AvgIpc) is 1.35. The van der Waals surface area contributed by atoms with Crippen LogP contribution in [0.2, 0.25) is 0 Å². The van der Waals surface area contributed by atoms with E-state index in [0.717, 1.165) is 0 Å². The van der Waals surface area contributed by atoms with Gasteiger partial charge >= 0.3 is 6.16 Å². The smallest absolute Gasteiger partial charge is 0.300 e. The van der Waals surface area contributed by atoms with Crippen LogP contribution in [0.4, 0.5) is 13.6 Å². The number of carbonyl (C=O) groups is 1. The fourth-order valence-corrected chi connectivity index (χ4v) is 0.0525. The highest BCUT2D eigenvalue weighted by Crippen LogP contribution is 1.66. The average molecular weight is 95.0 g/mol. The summed E-state index contributed by atoms with van der Waals surface area (Å²) in [4.78, 5) is 9.03. The van der Waals surface area contributed by atoms with Crippen LogP contribution in [0.5, 0.6) is 0 Å². The Labute approximate surface area is 33.1 Å². The molecule has 1 N–H and O–H groups in total. The van der Waals surface area contributed by atoms with Gasteiger partial charge in [-0.05, 0) is 0 Å². The molecule has 1 amide bonds. The molecule has 0 aromatic carbocycles. The summed E-state index contributed by atoms with van der Waals surface area (Å²) in [5.74, 6) is 0. The highest BCUT2D eigenvalue weighted by molar-refractivity contribution is 5.65. The van der Waals surface area contributed by atoms with Gasteiger partial charge in [0.05, 0.1) is 0 Å².